The molecule has 0 aromatic carbocycles. The molecule has 0 aromatic rings. The molecule has 2 N–H and O–H groups in total. The summed E-state index contributed by atoms with van der Waals surface area (Å²) in [5.74, 6) is -2.89. The molecular weight excluding hydrogens is 265 g/mol. The SMILES string of the molecule is CC(CC(=O)O)N1CCCC(NC(=O)C(F)(F)F)C1. The second-order valence-electron chi connectivity index (χ2n) is 4.75. The van der Waals surface area contributed by atoms with E-state index in [1.165, 1.54) is 0 Å². The van der Waals surface area contributed by atoms with Gasteiger partial charge in [-0.05, 0) is 26.3 Å². The van der Waals surface area contributed by atoms with Gasteiger partial charge in [-0.2, -0.15) is 13.2 Å². The van der Waals surface area contributed by atoms with E-state index in [0.717, 1.165) is 0 Å². The molecule has 110 valence electrons. The number of nitrogens with one attached hydrogen (secondary N) is 1. The fraction of sp³-hybridized carbons (Fsp3) is 0.818. The molecule has 1 rings (SSSR count). The molecule has 0 spiro atoms. The number of piperidine rings is 1. The number of aliphatic carboxylic acids is 1. The summed E-state index contributed by atoms with van der Waals surface area (Å²) in [6.45, 7) is 2.59. The number of carboxylic acid groups (broad SMARTS) is 1. The van der Waals surface area contributed by atoms with Crippen LogP contribution in [-0.4, -0.2) is 53.2 Å². The highest BCUT2D eigenvalue weighted by Gasteiger charge is 2.40. The second-order valence-corrected chi connectivity index (χ2v) is 4.75. The summed E-state index contributed by atoms with van der Waals surface area (Å²) in [7, 11) is 0. The van der Waals surface area contributed by atoms with Gasteiger partial charge in [0.2, 0.25) is 0 Å². The van der Waals surface area contributed by atoms with Gasteiger partial charge in [-0.25, -0.2) is 0 Å². The molecule has 2 atom stereocenters. The van der Waals surface area contributed by atoms with Crippen LogP contribution in [0.4, 0.5) is 13.2 Å². The minimum absolute atomic E-state index is 0.0695. The number of alkyl halides is 3. The minimum Gasteiger partial charge on any atom is -0.481 e. The Labute approximate surface area is 108 Å². The highest BCUT2D eigenvalue weighted by molar-refractivity contribution is 5.81. The van der Waals surface area contributed by atoms with Gasteiger partial charge in [-0.15, -0.1) is 0 Å². The number of nitrogens with zero attached hydrogens (tertiary/aromatic N) is 1. The summed E-state index contributed by atoms with van der Waals surface area (Å²) < 4.78 is 36.4. The smallest absolute Gasteiger partial charge is 0.471 e. The van der Waals surface area contributed by atoms with Crippen molar-refractivity contribution in [3.8, 4) is 0 Å². The molecule has 1 aliphatic heterocycles. The molecule has 1 heterocycles. The van der Waals surface area contributed by atoms with E-state index in [-0.39, 0.29) is 19.0 Å². The number of amides is 1. The van der Waals surface area contributed by atoms with E-state index in [4.69, 9.17) is 5.11 Å². The Morgan fingerprint density at radius 3 is 2.63 bits per heavy atom. The quantitative estimate of drug-likeness (QED) is 0.807. The van der Waals surface area contributed by atoms with Gasteiger partial charge < -0.3 is 10.4 Å². The van der Waals surface area contributed by atoms with E-state index >= 15 is 0 Å². The minimum atomic E-state index is -4.88. The highest BCUT2D eigenvalue weighted by atomic mass is 19.4. The molecule has 0 aromatic heterocycles. The van der Waals surface area contributed by atoms with Crippen molar-refractivity contribution in [2.24, 2.45) is 0 Å². The fourth-order valence-corrected chi connectivity index (χ4v) is 2.17. The first-order chi connectivity index (χ1) is 8.70. The fourth-order valence-electron chi connectivity index (χ4n) is 2.17. The first kappa shape index (κ1) is 15.7. The molecule has 8 heteroatoms. The average molecular weight is 282 g/mol. The molecular formula is C11H17F3N2O3. The summed E-state index contributed by atoms with van der Waals surface area (Å²) >= 11 is 0. The molecule has 0 aliphatic carbocycles. The lowest BCUT2D eigenvalue weighted by Gasteiger charge is -2.36. The first-order valence-electron chi connectivity index (χ1n) is 6.03. The third-order valence-electron chi connectivity index (χ3n) is 3.14. The van der Waals surface area contributed by atoms with Gasteiger partial charge in [0.1, 0.15) is 0 Å². The van der Waals surface area contributed by atoms with E-state index in [2.05, 4.69) is 0 Å². The van der Waals surface area contributed by atoms with Crippen molar-refractivity contribution >= 4 is 11.9 Å². The molecule has 0 bridgehead atoms. The number of halogens is 3. The Morgan fingerprint density at radius 2 is 2.11 bits per heavy atom. The summed E-state index contributed by atoms with van der Waals surface area (Å²) in [6, 6.07) is -0.845. The van der Waals surface area contributed by atoms with Crippen LogP contribution < -0.4 is 5.32 Å². The third-order valence-corrected chi connectivity index (χ3v) is 3.14. The van der Waals surface area contributed by atoms with E-state index in [0.29, 0.717) is 19.4 Å². The number of hydrogen-bond acceptors (Lipinski definition) is 3. The van der Waals surface area contributed by atoms with E-state index in [1.807, 2.05) is 5.32 Å². The van der Waals surface area contributed by atoms with Crippen molar-refractivity contribution in [2.75, 3.05) is 13.1 Å². The lowest BCUT2D eigenvalue weighted by molar-refractivity contribution is -0.174. The van der Waals surface area contributed by atoms with Gasteiger partial charge >= 0.3 is 18.1 Å². The van der Waals surface area contributed by atoms with Crippen molar-refractivity contribution in [3.63, 3.8) is 0 Å². The zero-order valence-corrected chi connectivity index (χ0v) is 10.5. The monoisotopic (exact) mass is 282 g/mol. The molecule has 5 nitrogen and oxygen atoms in total. The highest BCUT2D eigenvalue weighted by Crippen LogP contribution is 2.18. The number of rotatable bonds is 4. The van der Waals surface area contributed by atoms with Crippen LogP contribution in [0.1, 0.15) is 26.2 Å². The second kappa shape index (κ2) is 6.23. The van der Waals surface area contributed by atoms with Crippen LogP contribution in [0.25, 0.3) is 0 Å². The van der Waals surface area contributed by atoms with Gasteiger partial charge in [0.25, 0.3) is 0 Å². The molecule has 1 saturated heterocycles. The number of carbonyl (C=O) groups excluding carboxylic acids is 1. The lowest BCUT2D eigenvalue weighted by Crippen LogP contribution is -2.53. The van der Waals surface area contributed by atoms with Gasteiger partial charge in [-0.3, -0.25) is 14.5 Å². The standard InChI is InChI=1S/C11H17F3N2O3/c1-7(5-9(17)18)16-4-2-3-8(6-16)15-10(19)11(12,13)14/h7-8H,2-6H2,1H3,(H,15,19)(H,17,18). The number of hydrogen-bond donors (Lipinski definition) is 2. The first-order valence-corrected chi connectivity index (χ1v) is 6.03. The van der Waals surface area contributed by atoms with Crippen molar-refractivity contribution in [1.29, 1.82) is 0 Å². The van der Waals surface area contributed by atoms with Crippen molar-refractivity contribution in [1.82, 2.24) is 10.2 Å². The van der Waals surface area contributed by atoms with Crippen LogP contribution in [0.2, 0.25) is 0 Å². The molecule has 1 aliphatic rings. The number of likely N-dealkylation sites (tertiary alicyclic amines) is 1. The normalized spacial score (nSPS) is 22.8. The molecule has 0 radical (unpaired) electrons. The van der Waals surface area contributed by atoms with Crippen LogP contribution in [0.15, 0.2) is 0 Å². The van der Waals surface area contributed by atoms with Crippen molar-refractivity contribution < 1.29 is 27.9 Å². The maximum Gasteiger partial charge on any atom is 0.471 e. The Hall–Kier alpha value is -1.31. The average Bonchev–Trinajstić information content (AvgIpc) is 2.27. The Kier molecular flexibility index (Phi) is 5.16. The lowest BCUT2D eigenvalue weighted by atomic mass is 10.0. The van der Waals surface area contributed by atoms with Crippen LogP contribution in [0.5, 0.6) is 0 Å². The molecule has 0 saturated carbocycles. The molecule has 19 heavy (non-hydrogen) atoms. The molecule has 1 amide bonds. The summed E-state index contributed by atoms with van der Waals surface area (Å²) in [6.07, 6.45) is -3.85. The largest absolute Gasteiger partial charge is 0.481 e. The van der Waals surface area contributed by atoms with Gasteiger partial charge in [-0.1, -0.05) is 0 Å². The van der Waals surface area contributed by atoms with Gasteiger partial charge in [0.15, 0.2) is 0 Å². The zero-order valence-electron chi connectivity index (χ0n) is 10.5. The third kappa shape index (κ3) is 5.06. The van der Waals surface area contributed by atoms with E-state index in [9.17, 15) is 22.8 Å². The van der Waals surface area contributed by atoms with Gasteiger partial charge in [0.05, 0.1) is 6.42 Å². The molecule has 2 unspecified atom stereocenters. The Bertz CT molecular complexity index is 347. The van der Waals surface area contributed by atoms with E-state index < -0.39 is 24.1 Å². The predicted molar refractivity (Wildman–Crippen MR) is 60.5 cm³/mol. The van der Waals surface area contributed by atoms with Crippen LogP contribution in [0.3, 0.4) is 0 Å². The topological polar surface area (TPSA) is 69.6 Å². The number of carbonyl (C=O) groups is 2. The summed E-state index contributed by atoms with van der Waals surface area (Å²) in [5.41, 5.74) is 0. The molecule has 1 fully saturated rings. The zero-order chi connectivity index (χ0) is 14.6. The summed E-state index contributed by atoms with van der Waals surface area (Å²) in [4.78, 5) is 23.2. The maximum atomic E-state index is 12.1. The predicted octanol–water partition coefficient (Wildman–Crippen LogP) is 0.992. The number of carboxylic acids is 1. The van der Waals surface area contributed by atoms with Crippen LogP contribution >= 0.6 is 0 Å². The van der Waals surface area contributed by atoms with Crippen molar-refractivity contribution in [3.05, 3.63) is 0 Å². The van der Waals surface area contributed by atoms with Gasteiger partial charge in [0, 0.05) is 18.6 Å². The van der Waals surface area contributed by atoms with Crippen LogP contribution in [-0.2, 0) is 9.59 Å². The Balaban J connectivity index is 2.50. The summed E-state index contributed by atoms with van der Waals surface area (Å²) in [5, 5.41) is 10.6. The van der Waals surface area contributed by atoms with E-state index in [1.54, 1.807) is 11.8 Å². The van der Waals surface area contributed by atoms with Crippen LogP contribution in [0, 0.1) is 0 Å². The maximum absolute atomic E-state index is 12.1. The van der Waals surface area contributed by atoms with Crippen molar-refractivity contribution in [2.45, 2.75) is 44.4 Å². The Morgan fingerprint density at radius 1 is 1.47 bits per heavy atom.